The maximum atomic E-state index is 14.2. The van der Waals surface area contributed by atoms with Crippen LogP contribution in [-0.2, 0) is 11.2 Å². The summed E-state index contributed by atoms with van der Waals surface area (Å²) < 4.78 is 14.2. The fourth-order valence-corrected chi connectivity index (χ4v) is 4.16. The highest BCUT2D eigenvalue weighted by Gasteiger charge is 2.22. The molecule has 5 heteroatoms. The largest absolute Gasteiger partial charge is 0.478 e. The van der Waals surface area contributed by atoms with Gasteiger partial charge >= 0.3 is 5.97 Å². The molecule has 29 heavy (non-hydrogen) atoms. The minimum Gasteiger partial charge on any atom is -0.478 e. The second kappa shape index (κ2) is 10.1. The molecule has 0 amide bonds. The van der Waals surface area contributed by atoms with E-state index in [-0.39, 0.29) is 11.7 Å². The molecule has 0 heterocycles. The van der Waals surface area contributed by atoms with Gasteiger partial charge < -0.3 is 5.11 Å². The zero-order valence-corrected chi connectivity index (χ0v) is 17.5. The van der Waals surface area contributed by atoms with Crippen LogP contribution in [0.4, 0.5) is 4.39 Å². The van der Waals surface area contributed by atoms with Gasteiger partial charge in [-0.1, -0.05) is 47.5 Å². The van der Waals surface area contributed by atoms with E-state index >= 15 is 0 Å². The van der Waals surface area contributed by atoms with Crippen LogP contribution in [0.5, 0.6) is 0 Å². The monoisotopic (exact) mass is 432 g/mol. The second-order valence-corrected chi connectivity index (χ2v) is 8.14. The summed E-state index contributed by atoms with van der Waals surface area (Å²) in [5.41, 5.74) is 3.15. The molecule has 0 spiro atoms. The van der Waals surface area contributed by atoms with Gasteiger partial charge in [-0.15, -0.1) is 0 Å². The van der Waals surface area contributed by atoms with Crippen molar-refractivity contribution in [2.75, 3.05) is 0 Å². The third-order valence-corrected chi connectivity index (χ3v) is 5.92. The van der Waals surface area contributed by atoms with Crippen LogP contribution in [0.25, 0.3) is 0 Å². The summed E-state index contributed by atoms with van der Waals surface area (Å²) >= 11 is 12.4. The first-order valence-corrected chi connectivity index (χ1v) is 10.5. The molecule has 2 nitrogen and oxygen atoms in total. The molecule has 0 fully saturated rings. The summed E-state index contributed by atoms with van der Waals surface area (Å²) in [4.78, 5) is 11.5. The smallest absolute Gasteiger partial charge is 0.331 e. The Labute approximate surface area is 180 Å². The van der Waals surface area contributed by atoms with Crippen LogP contribution in [-0.4, -0.2) is 11.1 Å². The molecule has 2 aliphatic carbocycles. The molecule has 0 aliphatic heterocycles. The van der Waals surface area contributed by atoms with Gasteiger partial charge in [-0.2, -0.15) is 0 Å². The number of aryl methyl sites for hydroxylation is 1. The minimum atomic E-state index is -0.907. The third kappa shape index (κ3) is 5.94. The third-order valence-electron chi connectivity index (χ3n) is 5.31. The summed E-state index contributed by atoms with van der Waals surface area (Å²) in [5.74, 6) is -1.10. The van der Waals surface area contributed by atoms with Gasteiger partial charge in [0.25, 0.3) is 0 Å². The molecular formula is C24H23Cl2FO2. The maximum Gasteiger partial charge on any atom is 0.331 e. The van der Waals surface area contributed by atoms with Crippen LogP contribution in [0.2, 0.25) is 10.0 Å². The van der Waals surface area contributed by atoms with Crippen LogP contribution in [0.1, 0.15) is 37.7 Å². The van der Waals surface area contributed by atoms with Crippen molar-refractivity contribution in [1.29, 1.82) is 0 Å². The number of hydrogen-bond acceptors (Lipinski definition) is 1. The number of carboxylic acid groups (broad SMARTS) is 1. The number of allylic oxidation sites excluding steroid dienone is 9. The van der Waals surface area contributed by atoms with Gasteiger partial charge in [-0.05, 0) is 91.5 Å². The van der Waals surface area contributed by atoms with E-state index in [1.165, 1.54) is 6.08 Å². The van der Waals surface area contributed by atoms with E-state index in [4.69, 9.17) is 23.2 Å². The molecule has 1 N–H and O–H groups in total. The summed E-state index contributed by atoms with van der Waals surface area (Å²) in [6, 6.07) is 5.41. The summed E-state index contributed by atoms with van der Waals surface area (Å²) in [5, 5.41) is 10.7. The standard InChI is InChI=1S/C24H23Cl2FO2/c25-20-11-13-23(26)19(14-20)9-7-16-6-8-17(24(28)29)10-12-22(16)18-4-2-1-3-5-21(27)15-18/h3-5,10-16H,1-2,6-9H2,(H,28,29)/b5-3+,18-4+,21-15+. The van der Waals surface area contributed by atoms with Crippen molar-refractivity contribution in [3.63, 3.8) is 0 Å². The summed E-state index contributed by atoms with van der Waals surface area (Å²) in [6.07, 6.45) is 14.6. The van der Waals surface area contributed by atoms with E-state index in [1.54, 1.807) is 24.3 Å². The van der Waals surface area contributed by atoms with Crippen molar-refractivity contribution >= 4 is 29.2 Å². The molecule has 0 saturated carbocycles. The van der Waals surface area contributed by atoms with E-state index in [0.717, 1.165) is 36.0 Å². The van der Waals surface area contributed by atoms with E-state index in [1.807, 2.05) is 24.3 Å². The van der Waals surface area contributed by atoms with Gasteiger partial charge in [0.05, 0.1) is 0 Å². The maximum absolute atomic E-state index is 14.2. The van der Waals surface area contributed by atoms with E-state index in [2.05, 4.69) is 0 Å². The van der Waals surface area contributed by atoms with Gasteiger partial charge in [0.2, 0.25) is 0 Å². The number of carboxylic acids is 1. The zero-order valence-electron chi connectivity index (χ0n) is 16.0. The number of carbonyl (C=O) groups is 1. The predicted molar refractivity (Wildman–Crippen MR) is 117 cm³/mol. The normalized spacial score (nSPS) is 24.6. The molecule has 152 valence electrons. The first-order chi connectivity index (χ1) is 13.9. The van der Waals surface area contributed by atoms with Gasteiger partial charge in [0.15, 0.2) is 0 Å². The molecule has 3 rings (SSSR count). The first-order valence-electron chi connectivity index (χ1n) is 9.76. The topological polar surface area (TPSA) is 37.3 Å². The van der Waals surface area contributed by atoms with Gasteiger partial charge in [0, 0.05) is 15.6 Å². The lowest BCUT2D eigenvalue weighted by molar-refractivity contribution is -0.132. The van der Waals surface area contributed by atoms with Gasteiger partial charge in [0.1, 0.15) is 5.83 Å². The lowest BCUT2D eigenvalue weighted by Crippen LogP contribution is -2.09. The average molecular weight is 433 g/mol. The molecule has 0 radical (unpaired) electrons. The Kier molecular flexibility index (Phi) is 7.51. The van der Waals surface area contributed by atoms with Crippen molar-refractivity contribution in [2.24, 2.45) is 5.92 Å². The highest BCUT2D eigenvalue weighted by atomic mass is 35.5. The van der Waals surface area contributed by atoms with Crippen molar-refractivity contribution in [3.8, 4) is 0 Å². The Morgan fingerprint density at radius 3 is 2.83 bits per heavy atom. The Bertz CT molecular complexity index is 938. The summed E-state index contributed by atoms with van der Waals surface area (Å²) in [7, 11) is 0. The lowest BCUT2D eigenvalue weighted by Gasteiger charge is -2.21. The van der Waals surface area contributed by atoms with Crippen LogP contribution in [0.3, 0.4) is 0 Å². The molecule has 0 bridgehead atoms. The number of halogens is 3. The SMILES string of the molecule is O=C(O)C1=CC=C(C2=C/CC/C=C/C(F)=C\2)C(CCc2cc(Cl)ccc2Cl)CC1. The highest BCUT2D eigenvalue weighted by molar-refractivity contribution is 6.33. The number of aliphatic carboxylic acids is 1. The highest BCUT2D eigenvalue weighted by Crippen LogP contribution is 2.35. The molecule has 0 saturated heterocycles. The van der Waals surface area contributed by atoms with E-state index in [9.17, 15) is 14.3 Å². The Morgan fingerprint density at radius 2 is 2.03 bits per heavy atom. The van der Waals surface area contributed by atoms with Gasteiger partial charge in [-0.3, -0.25) is 0 Å². The molecular weight excluding hydrogens is 410 g/mol. The number of benzene rings is 1. The summed E-state index contributed by atoms with van der Waals surface area (Å²) in [6.45, 7) is 0. The second-order valence-electron chi connectivity index (χ2n) is 7.30. The van der Waals surface area contributed by atoms with Crippen LogP contribution < -0.4 is 0 Å². The quantitative estimate of drug-likeness (QED) is 0.525. The fraction of sp³-hybridized carbons (Fsp3) is 0.292. The first kappa shape index (κ1) is 21.6. The van der Waals surface area contributed by atoms with E-state index < -0.39 is 5.97 Å². The molecule has 1 aromatic rings. The Morgan fingerprint density at radius 1 is 1.21 bits per heavy atom. The number of rotatable bonds is 5. The van der Waals surface area contributed by atoms with Crippen LogP contribution in [0, 0.1) is 5.92 Å². The Balaban J connectivity index is 1.89. The molecule has 1 atom stereocenters. The lowest BCUT2D eigenvalue weighted by atomic mass is 9.84. The minimum absolute atomic E-state index is 0.0943. The molecule has 2 aliphatic rings. The number of hydrogen-bond donors (Lipinski definition) is 1. The molecule has 1 unspecified atom stereocenters. The molecule has 0 aromatic heterocycles. The predicted octanol–water partition coefficient (Wildman–Crippen LogP) is 7.40. The fourth-order valence-electron chi connectivity index (χ4n) is 3.76. The van der Waals surface area contributed by atoms with Crippen LogP contribution in [0.15, 0.2) is 77.2 Å². The Hall–Kier alpha value is -2.10. The average Bonchev–Trinajstić information content (AvgIpc) is 2.88. The van der Waals surface area contributed by atoms with Crippen LogP contribution >= 0.6 is 23.2 Å². The molecule has 1 aromatic carbocycles. The van der Waals surface area contributed by atoms with Crippen molar-refractivity contribution in [2.45, 2.75) is 38.5 Å². The van der Waals surface area contributed by atoms with Crippen molar-refractivity contribution in [3.05, 3.63) is 92.8 Å². The van der Waals surface area contributed by atoms with Gasteiger partial charge in [-0.25, -0.2) is 9.18 Å². The van der Waals surface area contributed by atoms with Crippen molar-refractivity contribution < 1.29 is 14.3 Å². The zero-order chi connectivity index (χ0) is 20.8. The van der Waals surface area contributed by atoms with Crippen molar-refractivity contribution in [1.82, 2.24) is 0 Å². The van der Waals surface area contributed by atoms with E-state index in [0.29, 0.717) is 34.9 Å².